The average molecular weight is 457 g/mol. The summed E-state index contributed by atoms with van der Waals surface area (Å²) in [5.74, 6) is 0.117. The van der Waals surface area contributed by atoms with Gasteiger partial charge in [-0.1, -0.05) is 29.8 Å². The lowest BCUT2D eigenvalue weighted by Gasteiger charge is -2.19. The molecule has 1 atom stereocenters. The van der Waals surface area contributed by atoms with E-state index >= 15 is 0 Å². The van der Waals surface area contributed by atoms with Gasteiger partial charge in [0.05, 0.1) is 11.3 Å². The van der Waals surface area contributed by atoms with Gasteiger partial charge in [-0.2, -0.15) is 11.8 Å². The average Bonchev–Trinajstić information content (AvgIpc) is 2.63. The Hall–Kier alpha value is -1.70. The van der Waals surface area contributed by atoms with E-state index in [1.54, 1.807) is 54.2 Å². The van der Waals surface area contributed by atoms with E-state index in [-0.39, 0.29) is 11.8 Å². The van der Waals surface area contributed by atoms with E-state index in [0.717, 1.165) is 5.75 Å². The molecule has 0 saturated carbocycles. The Bertz CT molecular complexity index is 776. The van der Waals surface area contributed by atoms with E-state index in [1.165, 1.54) is 0 Å². The predicted octanol–water partition coefficient (Wildman–Crippen LogP) is 4.10. The summed E-state index contributed by atoms with van der Waals surface area (Å²) in [4.78, 5) is 25.0. The molecule has 5 nitrogen and oxygen atoms in total. The van der Waals surface area contributed by atoms with E-state index in [4.69, 9.17) is 11.6 Å². The summed E-state index contributed by atoms with van der Waals surface area (Å²) in [7, 11) is 0. The van der Waals surface area contributed by atoms with Gasteiger partial charge < -0.3 is 5.32 Å². The molecule has 2 aromatic carbocycles. The van der Waals surface area contributed by atoms with Gasteiger partial charge in [0.15, 0.2) is 0 Å². The van der Waals surface area contributed by atoms with Crippen LogP contribution in [0.15, 0.2) is 53.0 Å². The molecule has 0 aliphatic carbocycles. The second-order valence-corrected chi connectivity index (χ2v) is 7.69. The Morgan fingerprint density at radius 3 is 2.65 bits per heavy atom. The summed E-state index contributed by atoms with van der Waals surface area (Å²) in [5.41, 5.74) is 6.58. The first-order chi connectivity index (χ1) is 12.5. The lowest BCUT2D eigenvalue weighted by atomic mass is 10.1. The van der Waals surface area contributed by atoms with Gasteiger partial charge >= 0.3 is 0 Å². The summed E-state index contributed by atoms with van der Waals surface area (Å²) in [6, 6.07) is 13.4. The molecule has 0 aliphatic rings. The van der Waals surface area contributed by atoms with Crippen LogP contribution in [0, 0.1) is 0 Å². The van der Waals surface area contributed by atoms with Crippen molar-refractivity contribution < 1.29 is 9.59 Å². The second kappa shape index (κ2) is 10.4. The van der Waals surface area contributed by atoms with Crippen LogP contribution in [0.4, 0.5) is 5.69 Å². The van der Waals surface area contributed by atoms with Gasteiger partial charge in [0, 0.05) is 9.50 Å². The minimum absolute atomic E-state index is 0.304. The van der Waals surface area contributed by atoms with Crippen molar-refractivity contribution >= 4 is 56.8 Å². The van der Waals surface area contributed by atoms with Crippen LogP contribution in [0.25, 0.3) is 0 Å². The SMILES string of the molecule is CSCCC(NC(=O)c1ccccc1Br)C(=O)NNc1cccc(Cl)c1. The van der Waals surface area contributed by atoms with E-state index < -0.39 is 6.04 Å². The molecule has 0 aliphatic heterocycles. The van der Waals surface area contributed by atoms with Gasteiger partial charge in [0.25, 0.3) is 11.8 Å². The number of benzene rings is 2. The molecule has 0 aromatic heterocycles. The van der Waals surface area contributed by atoms with Gasteiger partial charge in [-0.15, -0.1) is 0 Å². The van der Waals surface area contributed by atoms with Gasteiger partial charge in [0.1, 0.15) is 6.04 Å². The first kappa shape index (κ1) is 20.6. The summed E-state index contributed by atoms with van der Waals surface area (Å²) in [5, 5.41) is 3.36. The molecule has 26 heavy (non-hydrogen) atoms. The topological polar surface area (TPSA) is 70.2 Å². The van der Waals surface area contributed by atoms with Crippen molar-refractivity contribution in [3.05, 3.63) is 63.6 Å². The lowest BCUT2D eigenvalue weighted by Crippen LogP contribution is -2.48. The largest absolute Gasteiger partial charge is 0.340 e. The summed E-state index contributed by atoms with van der Waals surface area (Å²) in [6.45, 7) is 0. The number of carbonyl (C=O) groups is 2. The van der Waals surface area contributed by atoms with Crippen LogP contribution in [0.1, 0.15) is 16.8 Å². The van der Waals surface area contributed by atoms with Crippen molar-refractivity contribution in [2.45, 2.75) is 12.5 Å². The van der Waals surface area contributed by atoms with E-state index in [1.807, 2.05) is 12.3 Å². The number of hydrazine groups is 1. The maximum Gasteiger partial charge on any atom is 0.260 e. The third-order valence-electron chi connectivity index (χ3n) is 3.51. The van der Waals surface area contributed by atoms with Crippen molar-refractivity contribution in [3.63, 3.8) is 0 Å². The smallest absolute Gasteiger partial charge is 0.260 e. The fraction of sp³-hybridized carbons (Fsp3) is 0.222. The molecular weight excluding hydrogens is 438 g/mol. The molecule has 0 spiro atoms. The van der Waals surface area contributed by atoms with Crippen LogP contribution in [0.3, 0.4) is 0 Å². The molecule has 0 radical (unpaired) electrons. The third kappa shape index (κ3) is 6.23. The zero-order valence-corrected chi connectivity index (χ0v) is 17.2. The van der Waals surface area contributed by atoms with Crippen molar-refractivity contribution in [1.29, 1.82) is 0 Å². The Balaban J connectivity index is 2.02. The number of rotatable bonds is 8. The molecule has 0 fully saturated rings. The summed E-state index contributed by atoms with van der Waals surface area (Å²) in [6.07, 6.45) is 2.47. The standard InChI is InChI=1S/C18H19BrClN3O2S/c1-26-10-9-16(21-17(24)14-7-2-3-8-15(14)19)18(25)23-22-13-6-4-5-12(20)11-13/h2-8,11,16,22H,9-10H2,1H3,(H,21,24)(H,23,25). The molecule has 2 rings (SSSR count). The highest BCUT2D eigenvalue weighted by Crippen LogP contribution is 2.16. The van der Waals surface area contributed by atoms with Crippen LogP contribution < -0.4 is 16.2 Å². The molecular formula is C18H19BrClN3O2S. The Morgan fingerprint density at radius 1 is 1.19 bits per heavy atom. The van der Waals surface area contributed by atoms with Crippen molar-refractivity contribution in [2.24, 2.45) is 0 Å². The van der Waals surface area contributed by atoms with Gasteiger partial charge in [-0.05, 0) is 64.7 Å². The molecule has 0 saturated heterocycles. The number of anilines is 1. The second-order valence-electron chi connectivity index (χ2n) is 5.41. The quantitative estimate of drug-likeness (QED) is 0.523. The molecule has 2 aromatic rings. The zero-order chi connectivity index (χ0) is 18.9. The number of nitrogens with one attached hydrogen (secondary N) is 3. The Labute approximate surface area is 170 Å². The number of carbonyl (C=O) groups excluding carboxylic acids is 2. The number of thioether (sulfide) groups is 1. The number of hydrogen-bond acceptors (Lipinski definition) is 4. The van der Waals surface area contributed by atoms with Gasteiger partial charge in [-0.3, -0.25) is 20.4 Å². The van der Waals surface area contributed by atoms with E-state index in [0.29, 0.717) is 27.2 Å². The van der Waals surface area contributed by atoms with Crippen LogP contribution in [0.5, 0.6) is 0 Å². The van der Waals surface area contributed by atoms with Crippen molar-refractivity contribution in [2.75, 3.05) is 17.4 Å². The fourth-order valence-electron chi connectivity index (χ4n) is 2.17. The first-order valence-electron chi connectivity index (χ1n) is 7.87. The highest BCUT2D eigenvalue weighted by atomic mass is 79.9. The molecule has 8 heteroatoms. The minimum Gasteiger partial charge on any atom is -0.340 e. The molecule has 3 N–H and O–H groups in total. The first-order valence-corrected chi connectivity index (χ1v) is 10.4. The molecule has 0 heterocycles. The number of hydrogen-bond donors (Lipinski definition) is 3. The zero-order valence-electron chi connectivity index (χ0n) is 14.1. The molecule has 138 valence electrons. The third-order valence-corrected chi connectivity index (χ3v) is 5.08. The summed E-state index contributed by atoms with van der Waals surface area (Å²) >= 11 is 10.9. The van der Waals surface area contributed by atoms with Gasteiger partial charge in [0.2, 0.25) is 0 Å². The van der Waals surface area contributed by atoms with Crippen LogP contribution in [-0.4, -0.2) is 29.9 Å². The lowest BCUT2D eigenvalue weighted by molar-refractivity contribution is -0.122. The number of halogens is 2. The monoisotopic (exact) mass is 455 g/mol. The van der Waals surface area contributed by atoms with Crippen LogP contribution >= 0.6 is 39.3 Å². The van der Waals surface area contributed by atoms with Crippen molar-refractivity contribution in [1.82, 2.24) is 10.7 Å². The fourth-order valence-corrected chi connectivity index (χ4v) is 3.30. The highest BCUT2D eigenvalue weighted by molar-refractivity contribution is 9.10. The van der Waals surface area contributed by atoms with Crippen LogP contribution in [-0.2, 0) is 4.79 Å². The van der Waals surface area contributed by atoms with E-state index in [9.17, 15) is 9.59 Å². The predicted molar refractivity (Wildman–Crippen MR) is 112 cm³/mol. The van der Waals surface area contributed by atoms with E-state index in [2.05, 4.69) is 32.1 Å². The normalized spacial score (nSPS) is 11.5. The molecule has 1 unspecified atom stereocenters. The molecule has 2 amide bonds. The Kier molecular flexibility index (Phi) is 8.28. The van der Waals surface area contributed by atoms with Gasteiger partial charge in [-0.25, -0.2) is 0 Å². The number of amides is 2. The molecule has 0 bridgehead atoms. The maximum absolute atomic E-state index is 12.5. The maximum atomic E-state index is 12.5. The minimum atomic E-state index is -0.659. The van der Waals surface area contributed by atoms with Crippen LogP contribution in [0.2, 0.25) is 5.02 Å². The van der Waals surface area contributed by atoms with Crippen molar-refractivity contribution in [3.8, 4) is 0 Å². The Morgan fingerprint density at radius 2 is 1.96 bits per heavy atom. The summed E-state index contributed by atoms with van der Waals surface area (Å²) < 4.78 is 0.679. The highest BCUT2D eigenvalue weighted by Gasteiger charge is 2.22.